The van der Waals surface area contributed by atoms with Crippen molar-refractivity contribution in [1.29, 1.82) is 0 Å². The van der Waals surface area contributed by atoms with E-state index in [9.17, 15) is 24.8 Å². The molecule has 156 valence electrons. The van der Waals surface area contributed by atoms with Gasteiger partial charge in [-0.3, -0.25) is 19.7 Å². The quantitative estimate of drug-likeness (QED) is 0.125. The maximum Gasteiger partial charge on any atom is 0.270 e. The van der Waals surface area contributed by atoms with Crippen LogP contribution in [0, 0.1) is 10.1 Å². The number of rotatable bonds is 8. The third-order valence-electron chi connectivity index (χ3n) is 4.79. The Kier molecular flexibility index (Phi) is 5.44. The molecular weight excluding hydrogens is 402 g/mol. The summed E-state index contributed by atoms with van der Waals surface area (Å²) in [6.45, 7) is 0. The number of Topliss-reactive ketones (excluding diaryl/α,β-unsaturated/α-hetero) is 1. The largest absolute Gasteiger partial charge is 0.366 e. The molecule has 31 heavy (non-hydrogen) atoms. The number of aliphatic hydroxyl groups is 1. The number of nitro groups is 1. The highest BCUT2D eigenvalue weighted by atomic mass is 16.7. The van der Waals surface area contributed by atoms with Gasteiger partial charge in [-0.25, -0.2) is 0 Å². The minimum atomic E-state index is -0.873. The standard InChI is InChI=1S/C22H17N3O6/c26-12-20(27)15-11-13(25(29)30)9-10-17(15)24-19-8-4-3-7-18(19)23-16-6-2-1-5-14(16)21-22(28)31-21/h1-12,21-24,28H. The van der Waals surface area contributed by atoms with Crippen molar-refractivity contribution in [3.8, 4) is 0 Å². The van der Waals surface area contributed by atoms with Crippen LogP contribution >= 0.6 is 0 Å². The molecule has 1 aliphatic heterocycles. The summed E-state index contributed by atoms with van der Waals surface area (Å²) in [5, 5.41) is 27.0. The third-order valence-corrected chi connectivity index (χ3v) is 4.79. The zero-order chi connectivity index (χ0) is 22.0. The first kappa shape index (κ1) is 20.2. The Balaban J connectivity index is 1.67. The molecule has 2 unspecified atom stereocenters. The highest BCUT2D eigenvalue weighted by Crippen LogP contribution is 2.41. The average Bonchev–Trinajstić information content (AvgIpc) is 3.51. The van der Waals surface area contributed by atoms with Gasteiger partial charge in [-0.05, 0) is 24.3 Å². The summed E-state index contributed by atoms with van der Waals surface area (Å²) in [7, 11) is 0. The highest BCUT2D eigenvalue weighted by Gasteiger charge is 2.39. The number of hydrogen-bond donors (Lipinski definition) is 3. The maximum atomic E-state index is 12.0. The van der Waals surface area contributed by atoms with E-state index >= 15 is 0 Å². The van der Waals surface area contributed by atoms with Crippen LogP contribution in [-0.4, -0.2) is 28.4 Å². The van der Waals surface area contributed by atoms with Crippen LogP contribution in [-0.2, 0) is 9.53 Å². The smallest absolute Gasteiger partial charge is 0.270 e. The summed E-state index contributed by atoms with van der Waals surface area (Å²) >= 11 is 0. The number of nitrogens with zero attached hydrogens (tertiary/aromatic N) is 1. The number of para-hydroxylation sites is 3. The first-order valence-corrected chi connectivity index (χ1v) is 9.31. The lowest BCUT2D eigenvalue weighted by molar-refractivity contribution is -0.384. The Hall–Kier alpha value is -4.08. The number of ketones is 1. The monoisotopic (exact) mass is 419 g/mol. The summed E-state index contributed by atoms with van der Waals surface area (Å²) in [4.78, 5) is 33.5. The van der Waals surface area contributed by atoms with Crippen LogP contribution in [0.3, 0.4) is 0 Å². The van der Waals surface area contributed by atoms with E-state index < -0.39 is 23.1 Å². The van der Waals surface area contributed by atoms with Gasteiger partial charge >= 0.3 is 0 Å². The van der Waals surface area contributed by atoms with Gasteiger partial charge in [-0.15, -0.1) is 0 Å². The van der Waals surface area contributed by atoms with Gasteiger partial charge in [0.25, 0.3) is 5.69 Å². The fourth-order valence-corrected chi connectivity index (χ4v) is 3.20. The predicted molar refractivity (Wildman–Crippen MR) is 113 cm³/mol. The van der Waals surface area contributed by atoms with E-state index in [4.69, 9.17) is 4.74 Å². The lowest BCUT2D eigenvalue weighted by atomic mass is 10.1. The molecule has 1 aliphatic rings. The second kappa shape index (κ2) is 8.34. The van der Waals surface area contributed by atoms with Crippen molar-refractivity contribution < 1.29 is 24.4 Å². The zero-order valence-corrected chi connectivity index (χ0v) is 16.0. The summed E-state index contributed by atoms with van der Waals surface area (Å²) in [6, 6.07) is 18.2. The van der Waals surface area contributed by atoms with Crippen molar-refractivity contribution >= 4 is 40.5 Å². The van der Waals surface area contributed by atoms with Crippen LogP contribution in [0.4, 0.5) is 28.4 Å². The zero-order valence-electron chi connectivity index (χ0n) is 16.0. The fraction of sp³-hybridized carbons (Fsp3) is 0.0909. The second-order valence-electron chi connectivity index (χ2n) is 6.80. The van der Waals surface area contributed by atoms with Crippen LogP contribution in [0.25, 0.3) is 0 Å². The predicted octanol–water partition coefficient (Wildman–Crippen LogP) is 3.85. The van der Waals surface area contributed by atoms with Crippen molar-refractivity contribution in [2.75, 3.05) is 10.6 Å². The van der Waals surface area contributed by atoms with Gasteiger partial charge in [-0.2, -0.15) is 0 Å². The molecule has 3 aromatic carbocycles. The number of anilines is 4. The minimum Gasteiger partial charge on any atom is -0.366 e. The van der Waals surface area contributed by atoms with Crippen molar-refractivity contribution in [3.05, 3.63) is 88.0 Å². The lowest BCUT2D eigenvalue weighted by Crippen LogP contribution is -2.07. The number of hydrogen-bond acceptors (Lipinski definition) is 8. The Bertz CT molecular complexity index is 1180. The summed E-state index contributed by atoms with van der Waals surface area (Å²) in [5.41, 5.74) is 2.60. The Morgan fingerprint density at radius 1 is 0.968 bits per heavy atom. The summed E-state index contributed by atoms with van der Waals surface area (Å²) in [6.07, 6.45) is -1.13. The summed E-state index contributed by atoms with van der Waals surface area (Å²) in [5.74, 6) is -0.873. The molecule has 3 aromatic rings. The molecule has 0 spiro atoms. The average molecular weight is 419 g/mol. The molecule has 3 N–H and O–H groups in total. The number of benzene rings is 3. The van der Waals surface area contributed by atoms with Crippen LogP contribution in [0.15, 0.2) is 66.7 Å². The normalized spacial score (nSPS) is 16.9. The molecule has 2 atom stereocenters. The Morgan fingerprint density at radius 3 is 2.13 bits per heavy atom. The SMILES string of the molecule is O=CC(=O)c1cc([N+](=O)[O-])ccc1Nc1ccccc1Nc1ccccc1C1OC1O. The first-order chi connectivity index (χ1) is 15.0. The van der Waals surface area contributed by atoms with Gasteiger partial charge < -0.3 is 20.5 Å². The maximum absolute atomic E-state index is 12.0. The first-order valence-electron chi connectivity index (χ1n) is 9.31. The number of carbonyl (C=O) groups is 2. The molecule has 0 bridgehead atoms. The van der Waals surface area contributed by atoms with E-state index in [-0.39, 0.29) is 23.2 Å². The van der Waals surface area contributed by atoms with E-state index in [1.165, 1.54) is 12.1 Å². The van der Waals surface area contributed by atoms with E-state index in [1.807, 2.05) is 30.3 Å². The molecule has 1 fully saturated rings. The molecule has 1 heterocycles. The molecule has 1 saturated heterocycles. The van der Waals surface area contributed by atoms with Gasteiger partial charge in [0.2, 0.25) is 5.78 Å². The van der Waals surface area contributed by atoms with Crippen LogP contribution in [0.2, 0.25) is 0 Å². The number of epoxide rings is 1. The molecule has 0 radical (unpaired) electrons. The molecule has 0 amide bonds. The van der Waals surface area contributed by atoms with Crippen LogP contribution in [0.1, 0.15) is 22.0 Å². The Morgan fingerprint density at radius 2 is 1.55 bits per heavy atom. The second-order valence-corrected chi connectivity index (χ2v) is 6.80. The minimum absolute atomic E-state index is 0.103. The van der Waals surface area contributed by atoms with E-state index in [0.717, 1.165) is 17.3 Å². The number of aliphatic hydroxyl groups excluding tert-OH is 1. The number of nitro benzene ring substituents is 1. The van der Waals surface area contributed by atoms with Crippen molar-refractivity contribution in [1.82, 2.24) is 0 Å². The fourth-order valence-electron chi connectivity index (χ4n) is 3.20. The number of aldehydes is 1. The topological polar surface area (TPSA) is 134 Å². The van der Waals surface area contributed by atoms with Gasteiger partial charge in [0, 0.05) is 23.4 Å². The van der Waals surface area contributed by atoms with Gasteiger partial charge in [0.05, 0.1) is 27.5 Å². The van der Waals surface area contributed by atoms with E-state index in [0.29, 0.717) is 11.4 Å². The van der Waals surface area contributed by atoms with E-state index in [2.05, 4.69) is 10.6 Å². The summed E-state index contributed by atoms with van der Waals surface area (Å²) < 4.78 is 5.17. The molecule has 4 rings (SSSR count). The van der Waals surface area contributed by atoms with Crippen molar-refractivity contribution in [2.45, 2.75) is 12.4 Å². The molecule has 0 aliphatic carbocycles. The highest BCUT2D eigenvalue weighted by molar-refractivity contribution is 6.35. The number of carbonyl (C=O) groups excluding carboxylic acids is 2. The molecule has 0 saturated carbocycles. The third kappa shape index (κ3) is 4.27. The van der Waals surface area contributed by atoms with Gasteiger partial charge in [-0.1, -0.05) is 30.3 Å². The number of nitrogens with one attached hydrogen (secondary N) is 2. The molecule has 0 aromatic heterocycles. The van der Waals surface area contributed by atoms with Crippen LogP contribution < -0.4 is 10.6 Å². The number of non-ortho nitro benzene ring substituents is 1. The van der Waals surface area contributed by atoms with Crippen LogP contribution in [0.5, 0.6) is 0 Å². The molecule has 9 nitrogen and oxygen atoms in total. The van der Waals surface area contributed by atoms with E-state index in [1.54, 1.807) is 18.2 Å². The lowest BCUT2D eigenvalue weighted by Gasteiger charge is -2.17. The van der Waals surface area contributed by atoms with Crippen molar-refractivity contribution in [3.63, 3.8) is 0 Å². The van der Waals surface area contributed by atoms with Crippen molar-refractivity contribution in [2.24, 2.45) is 0 Å². The number of ether oxygens (including phenoxy) is 1. The molecule has 9 heteroatoms. The Labute approximate surface area is 176 Å². The van der Waals surface area contributed by atoms with Gasteiger partial charge in [0.15, 0.2) is 12.6 Å². The molecular formula is C22H17N3O6. The van der Waals surface area contributed by atoms with Gasteiger partial charge in [0.1, 0.15) is 6.10 Å².